The van der Waals surface area contributed by atoms with Gasteiger partial charge in [0.05, 0.1) is 5.39 Å². The second-order valence-corrected chi connectivity index (χ2v) is 11.5. The predicted octanol–water partition coefficient (Wildman–Crippen LogP) is 4.09. The first-order valence-electron chi connectivity index (χ1n) is 12.6. The number of nitrogens with one attached hydrogen (secondary N) is 2. The van der Waals surface area contributed by atoms with Crippen LogP contribution in [0.25, 0.3) is 10.2 Å². The van der Waals surface area contributed by atoms with E-state index in [9.17, 15) is 4.79 Å². The monoisotopic (exact) mass is 496 g/mol. The van der Waals surface area contributed by atoms with Gasteiger partial charge in [0.2, 0.25) is 11.9 Å². The van der Waals surface area contributed by atoms with E-state index in [1.54, 1.807) is 11.3 Å². The van der Waals surface area contributed by atoms with Gasteiger partial charge in [0.15, 0.2) is 5.82 Å². The van der Waals surface area contributed by atoms with E-state index in [2.05, 4.69) is 48.6 Å². The summed E-state index contributed by atoms with van der Waals surface area (Å²) in [6.45, 7) is 4.20. The Labute approximate surface area is 210 Å². The van der Waals surface area contributed by atoms with E-state index >= 15 is 0 Å². The fraction of sp³-hybridized carbons (Fsp3) is 0.600. The maximum Gasteiger partial charge on any atom is 0.231 e. The number of aromatic nitrogens is 4. The van der Waals surface area contributed by atoms with Gasteiger partial charge in [-0.15, -0.1) is 11.3 Å². The highest BCUT2D eigenvalue weighted by Gasteiger charge is 2.30. The molecule has 3 heterocycles. The molecule has 0 radical (unpaired) electrons. The Kier molecular flexibility index (Phi) is 6.67. The molecule has 10 heteroatoms. The minimum absolute atomic E-state index is 0.124. The van der Waals surface area contributed by atoms with Crippen molar-refractivity contribution in [2.45, 2.75) is 76.9 Å². The summed E-state index contributed by atoms with van der Waals surface area (Å²) in [5.41, 5.74) is 6.88. The highest BCUT2D eigenvalue weighted by atomic mass is 32.1. The van der Waals surface area contributed by atoms with Gasteiger partial charge in [-0.3, -0.25) is 9.48 Å². The molecule has 1 atom stereocenters. The van der Waals surface area contributed by atoms with E-state index in [-0.39, 0.29) is 17.9 Å². The van der Waals surface area contributed by atoms with Crippen LogP contribution < -0.4 is 16.4 Å². The van der Waals surface area contributed by atoms with Crippen LogP contribution in [0.2, 0.25) is 0 Å². The van der Waals surface area contributed by atoms with E-state index < -0.39 is 0 Å². The second-order valence-electron chi connectivity index (χ2n) is 10.4. The fourth-order valence-corrected chi connectivity index (χ4v) is 6.53. The number of fused-ring (bicyclic) bond motifs is 3. The maximum atomic E-state index is 12.0. The van der Waals surface area contributed by atoms with Gasteiger partial charge in [-0.05, 0) is 78.5 Å². The summed E-state index contributed by atoms with van der Waals surface area (Å²) in [4.78, 5) is 26.4. The number of aryl methyl sites for hydroxylation is 1. The Morgan fingerprint density at radius 3 is 2.63 bits per heavy atom. The Bertz CT molecular complexity index is 1210. The molecule has 2 aliphatic carbocycles. The number of nitrogens with zero attached hydrogens (tertiary/aromatic N) is 5. The van der Waals surface area contributed by atoms with Crippen LogP contribution in [0, 0.1) is 5.92 Å². The second kappa shape index (κ2) is 9.73. The summed E-state index contributed by atoms with van der Waals surface area (Å²) < 4.78 is 1.91. The number of carbonyl (C=O) groups excluding carboxylic acids is 1. The van der Waals surface area contributed by atoms with Gasteiger partial charge >= 0.3 is 0 Å². The quantitative estimate of drug-likeness (QED) is 0.451. The minimum atomic E-state index is -0.216. The number of carbonyl (C=O) groups is 1. The molecular weight excluding hydrogens is 460 g/mol. The molecule has 0 saturated heterocycles. The van der Waals surface area contributed by atoms with Crippen LogP contribution in [0.15, 0.2) is 12.3 Å². The molecular formula is C25H36N8OS. The zero-order valence-corrected chi connectivity index (χ0v) is 21.9. The summed E-state index contributed by atoms with van der Waals surface area (Å²) >= 11 is 1.71. The van der Waals surface area contributed by atoms with Crippen LogP contribution in [0.5, 0.6) is 0 Å². The normalized spacial score (nSPS) is 22.5. The summed E-state index contributed by atoms with van der Waals surface area (Å²) in [6.07, 6.45) is 8.84. The van der Waals surface area contributed by atoms with Gasteiger partial charge in [-0.1, -0.05) is 0 Å². The molecule has 0 aliphatic heterocycles. The molecule has 188 valence electrons. The predicted molar refractivity (Wildman–Crippen MR) is 141 cm³/mol. The molecule has 9 nitrogen and oxygen atoms in total. The number of hydrogen-bond donors (Lipinski definition) is 3. The molecule has 1 fully saturated rings. The Balaban J connectivity index is 1.48. The summed E-state index contributed by atoms with van der Waals surface area (Å²) in [6, 6.07) is 3.23. The molecule has 1 amide bonds. The first-order valence-corrected chi connectivity index (χ1v) is 13.5. The largest absolute Gasteiger partial charge is 0.369 e. The molecule has 0 bridgehead atoms. The van der Waals surface area contributed by atoms with Gasteiger partial charge in [0.1, 0.15) is 10.6 Å². The van der Waals surface area contributed by atoms with Crippen molar-refractivity contribution in [3.05, 3.63) is 22.7 Å². The number of rotatable bonds is 7. The molecule has 5 rings (SSSR count). The Morgan fingerprint density at radius 1 is 1.20 bits per heavy atom. The van der Waals surface area contributed by atoms with Crippen molar-refractivity contribution in [1.29, 1.82) is 0 Å². The van der Waals surface area contributed by atoms with E-state index in [0.717, 1.165) is 47.5 Å². The lowest BCUT2D eigenvalue weighted by Gasteiger charge is -2.33. The van der Waals surface area contributed by atoms with Gasteiger partial charge in [-0.2, -0.15) is 10.1 Å². The van der Waals surface area contributed by atoms with Gasteiger partial charge in [0, 0.05) is 41.2 Å². The van der Waals surface area contributed by atoms with E-state index in [0.29, 0.717) is 24.5 Å². The third-order valence-corrected chi connectivity index (χ3v) is 8.64. The maximum absolute atomic E-state index is 12.0. The van der Waals surface area contributed by atoms with Crippen molar-refractivity contribution in [2.75, 3.05) is 24.7 Å². The molecule has 35 heavy (non-hydrogen) atoms. The minimum Gasteiger partial charge on any atom is -0.369 e. The van der Waals surface area contributed by atoms with Gasteiger partial charge < -0.3 is 21.3 Å². The van der Waals surface area contributed by atoms with Crippen LogP contribution in [0.1, 0.15) is 62.4 Å². The van der Waals surface area contributed by atoms with Gasteiger partial charge in [0.25, 0.3) is 0 Å². The lowest BCUT2D eigenvalue weighted by molar-refractivity contribution is -0.122. The Hall–Kier alpha value is -2.72. The average molecular weight is 497 g/mol. The lowest BCUT2D eigenvalue weighted by atomic mass is 9.86. The highest BCUT2D eigenvalue weighted by molar-refractivity contribution is 7.19. The fourth-order valence-electron chi connectivity index (χ4n) is 5.32. The molecule has 4 N–H and O–H groups in total. The third-order valence-electron chi connectivity index (χ3n) is 7.45. The summed E-state index contributed by atoms with van der Waals surface area (Å²) in [5, 5.41) is 12.7. The lowest BCUT2D eigenvalue weighted by Crippen LogP contribution is -2.36. The van der Waals surface area contributed by atoms with Crippen molar-refractivity contribution in [3.63, 3.8) is 0 Å². The van der Waals surface area contributed by atoms with Crippen molar-refractivity contribution in [3.8, 4) is 0 Å². The van der Waals surface area contributed by atoms with Crippen LogP contribution in [0.3, 0.4) is 0 Å². The Morgan fingerprint density at radius 2 is 1.97 bits per heavy atom. The van der Waals surface area contributed by atoms with E-state index in [1.165, 1.54) is 23.3 Å². The SMILES string of the molecule is CC(C)n1ccc(Nc2nc(NC3CCC(N(C)C)CC3)c3c4c(sc3n2)CC[C@@H](C(N)=O)C4)n1. The molecule has 3 aromatic rings. The van der Waals surface area contributed by atoms with Crippen molar-refractivity contribution in [1.82, 2.24) is 24.6 Å². The zero-order chi connectivity index (χ0) is 24.7. The number of nitrogens with two attached hydrogens (primary N) is 1. The molecule has 0 aromatic carbocycles. The number of thiophene rings is 1. The summed E-state index contributed by atoms with van der Waals surface area (Å²) in [7, 11) is 4.33. The van der Waals surface area contributed by atoms with Gasteiger partial charge in [-0.25, -0.2) is 4.98 Å². The smallest absolute Gasteiger partial charge is 0.231 e. The third kappa shape index (κ3) is 4.99. The molecule has 0 unspecified atom stereocenters. The molecule has 0 spiro atoms. The highest BCUT2D eigenvalue weighted by Crippen LogP contribution is 2.41. The van der Waals surface area contributed by atoms with E-state index in [1.807, 2.05) is 16.9 Å². The molecule has 1 saturated carbocycles. The van der Waals surface area contributed by atoms with Crippen LogP contribution in [-0.2, 0) is 17.6 Å². The first-order chi connectivity index (χ1) is 16.8. The average Bonchev–Trinajstić information content (AvgIpc) is 3.43. The summed E-state index contributed by atoms with van der Waals surface area (Å²) in [5.74, 6) is 1.79. The van der Waals surface area contributed by atoms with Crippen molar-refractivity contribution >= 4 is 45.0 Å². The number of hydrogen-bond acceptors (Lipinski definition) is 8. The van der Waals surface area contributed by atoms with Crippen LogP contribution >= 0.6 is 11.3 Å². The van der Waals surface area contributed by atoms with Crippen LogP contribution in [-0.4, -0.2) is 56.7 Å². The van der Waals surface area contributed by atoms with Crippen molar-refractivity contribution in [2.24, 2.45) is 11.7 Å². The number of primary amides is 1. The standard InChI is InChI=1S/C25H36N8OS/c1-14(2)33-12-11-20(31-33)28-25-29-23(27-16-6-8-17(9-7-16)32(3)4)21-18-13-15(22(26)34)5-10-19(18)35-24(21)30-25/h11-12,14-17H,5-10,13H2,1-4H3,(H2,26,34)(H2,27,28,29,30,31)/t15-,16?,17?/m1/s1. The molecule has 3 aromatic heterocycles. The van der Waals surface area contributed by atoms with Crippen molar-refractivity contribution < 1.29 is 4.79 Å². The molecule has 2 aliphatic rings. The topological polar surface area (TPSA) is 114 Å². The first kappa shape index (κ1) is 24.0. The number of amides is 1. The zero-order valence-electron chi connectivity index (χ0n) is 21.0. The number of anilines is 3. The van der Waals surface area contributed by atoms with Crippen LogP contribution in [0.4, 0.5) is 17.6 Å². The van der Waals surface area contributed by atoms with E-state index in [4.69, 9.17) is 15.7 Å².